The van der Waals surface area contributed by atoms with Gasteiger partial charge in [-0.15, -0.1) is 0 Å². The van der Waals surface area contributed by atoms with Crippen molar-refractivity contribution in [3.63, 3.8) is 0 Å². The third-order valence-electron chi connectivity index (χ3n) is 3.58. The van der Waals surface area contributed by atoms with E-state index in [9.17, 15) is 4.79 Å². The van der Waals surface area contributed by atoms with E-state index in [2.05, 4.69) is 34.6 Å². The van der Waals surface area contributed by atoms with E-state index in [1.807, 2.05) is 0 Å². The highest BCUT2D eigenvalue weighted by molar-refractivity contribution is 5.91. The van der Waals surface area contributed by atoms with Crippen molar-refractivity contribution in [2.75, 3.05) is 0 Å². The second kappa shape index (κ2) is 4.63. The Balaban J connectivity index is 1.89. The molecule has 1 amide bonds. The number of hydrogen-bond acceptors (Lipinski definition) is 3. The van der Waals surface area contributed by atoms with Gasteiger partial charge in [0.05, 0.1) is 6.20 Å². The summed E-state index contributed by atoms with van der Waals surface area (Å²) in [5.41, 5.74) is 0.367. The maximum absolute atomic E-state index is 11.7. The van der Waals surface area contributed by atoms with E-state index in [0.717, 1.165) is 18.8 Å². The zero-order valence-electron chi connectivity index (χ0n) is 9.73. The normalized spacial score (nSPS) is 30.0. The van der Waals surface area contributed by atoms with E-state index in [4.69, 9.17) is 0 Å². The van der Waals surface area contributed by atoms with Gasteiger partial charge < -0.3 is 5.32 Å². The lowest BCUT2D eigenvalue weighted by atomic mass is 9.79. The van der Waals surface area contributed by atoms with Crippen molar-refractivity contribution >= 4 is 5.91 Å². The van der Waals surface area contributed by atoms with Gasteiger partial charge >= 0.3 is 0 Å². The van der Waals surface area contributed by atoms with Crippen molar-refractivity contribution in [3.8, 4) is 0 Å². The van der Waals surface area contributed by atoms with Gasteiger partial charge in [0.1, 0.15) is 0 Å². The molecule has 5 nitrogen and oxygen atoms in total. The topological polar surface area (TPSA) is 70.7 Å². The summed E-state index contributed by atoms with van der Waals surface area (Å²) in [5, 5.41) is 12.8. The smallest absolute Gasteiger partial charge is 0.273 e. The van der Waals surface area contributed by atoms with Crippen molar-refractivity contribution in [2.24, 2.45) is 11.8 Å². The third kappa shape index (κ3) is 2.40. The Labute approximate surface area is 95.0 Å². The molecule has 1 aromatic rings. The molecule has 3 atom stereocenters. The van der Waals surface area contributed by atoms with Crippen molar-refractivity contribution in [2.45, 2.75) is 39.2 Å². The fourth-order valence-electron chi connectivity index (χ4n) is 2.25. The quantitative estimate of drug-likeness (QED) is 0.793. The molecule has 1 aliphatic carbocycles. The Hall–Kier alpha value is -1.39. The van der Waals surface area contributed by atoms with Crippen LogP contribution in [0.15, 0.2) is 6.20 Å². The molecule has 1 fully saturated rings. The Bertz CT molecular complexity index is 349. The van der Waals surface area contributed by atoms with Crippen LogP contribution < -0.4 is 5.32 Å². The first-order valence-electron chi connectivity index (χ1n) is 5.83. The van der Waals surface area contributed by atoms with Gasteiger partial charge in [-0.25, -0.2) is 0 Å². The summed E-state index contributed by atoms with van der Waals surface area (Å²) in [6.07, 6.45) is 4.76. The molecule has 3 unspecified atom stereocenters. The summed E-state index contributed by atoms with van der Waals surface area (Å²) < 4.78 is 0. The van der Waals surface area contributed by atoms with Gasteiger partial charge in [0.25, 0.3) is 5.91 Å². The maximum Gasteiger partial charge on any atom is 0.273 e. The van der Waals surface area contributed by atoms with E-state index in [1.54, 1.807) is 0 Å². The second-order valence-electron chi connectivity index (χ2n) is 4.79. The SMILES string of the molecule is CC1CCC(NC(=O)c2cn[nH]n2)CC1C. The number of carbonyl (C=O) groups is 1. The molecule has 0 bridgehead atoms. The molecule has 1 aromatic heterocycles. The van der Waals surface area contributed by atoms with Crippen LogP contribution in [-0.2, 0) is 0 Å². The molecule has 0 spiro atoms. The number of aromatic nitrogens is 3. The van der Waals surface area contributed by atoms with Gasteiger partial charge in [-0.1, -0.05) is 13.8 Å². The molecule has 1 aliphatic rings. The predicted molar refractivity (Wildman–Crippen MR) is 59.8 cm³/mol. The molecule has 0 radical (unpaired) electrons. The first-order valence-corrected chi connectivity index (χ1v) is 5.83. The molecule has 2 N–H and O–H groups in total. The fourth-order valence-corrected chi connectivity index (χ4v) is 2.25. The molecule has 16 heavy (non-hydrogen) atoms. The maximum atomic E-state index is 11.7. The molecule has 88 valence electrons. The number of carbonyl (C=O) groups excluding carboxylic acids is 1. The molecule has 0 aliphatic heterocycles. The average Bonchev–Trinajstić information content (AvgIpc) is 2.77. The van der Waals surface area contributed by atoms with Gasteiger partial charge in [-0.2, -0.15) is 15.4 Å². The predicted octanol–water partition coefficient (Wildman–Crippen LogP) is 1.36. The van der Waals surface area contributed by atoms with E-state index in [-0.39, 0.29) is 11.9 Å². The summed E-state index contributed by atoms with van der Waals surface area (Å²) in [6, 6.07) is 0.287. The largest absolute Gasteiger partial charge is 0.348 e. The van der Waals surface area contributed by atoms with E-state index >= 15 is 0 Å². The third-order valence-corrected chi connectivity index (χ3v) is 3.58. The summed E-state index contributed by atoms with van der Waals surface area (Å²) in [4.78, 5) is 11.7. The van der Waals surface area contributed by atoms with E-state index < -0.39 is 0 Å². The Morgan fingerprint density at radius 1 is 1.44 bits per heavy atom. The number of hydrogen-bond donors (Lipinski definition) is 2. The van der Waals surface area contributed by atoms with Crippen LogP contribution in [0.25, 0.3) is 0 Å². The van der Waals surface area contributed by atoms with Gasteiger partial charge in [0.2, 0.25) is 0 Å². The van der Waals surface area contributed by atoms with Gasteiger partial charge in [0.15, 0.2) is 5.69 Å². The van der Waals surface area contributed by atoms with Gasteiger partial charge in [-0.05, 0) is 31.1 Å². The molecular weight excluding hydrogens is 204 g/mol. The van der Waals surface area contributed by atoms with Crippen LogP contribution in [0.3, 0.4) is 0 Å². The molecule has 2 rings (SSSR count). The Morgan fingerprint density at radius 2 is 2.25 bits per heavy atom. The standard InChI is InChI=1S/C11H18N4O/c1-7-3-4-9(5-8(7)2)13-11(16)10-6-12-15-14-10/h6-9H,3-5H2,1-2H3,(H,13,16)(H,12,14,15). The number of rotatable bonds is 2. The highest BCUT2D eigenvalue weighted by atomic mass is 16.2. The van der Waals surface area contributed by atoms with E-state index in [0.29, 0.717) is 11.6 Å². The molecule has 1 heterocycles. The summed E-state index contributed by atoms with van der Waals surface area (Å²) in [6.45, 7) is 4.53. The van der Waals surface area contributed by atoms with Crippen LogP contribution in [0.1, 0.15) is 43.6 Å². The Morgan fingerprint density at radius 3 is 2.88 bits per heavy atom. The van der Waals surface area contributed by atoms with Crippen LogP contribution in [0.4, 0.5) is 0 Å². The molecule has 0 saturated heterocycles. The molecular formula is C11H18N4O. The summed E-state index contributed by atoms with van der Waals surface area (Å²) >= 11 is 0. The lowest BCUT2D eigenvalue weighted by molar-refractivity contribution is 0.0905. The number of H-pyrrole nitrogens is 1. The number of aromatic amines is 1. The van der Waals surface area contributed by atoms with Crippen LogP contribution in [0.2, 0.25) is 0 Å². The van der Waals surface area contributed by atoms with Crippen LogP contribution in [0, 0.1) is 11.8 Å². The lowest BCUT2D eigenvalue weighted by Crippen LogP contribution is -2.40. The van der Waals surface area contributed by atoms with Crippen molar-refractivity contribution in [1.82, 2.24) is 20.7 Å². The first-order chi connectivity index (χ1) is 7.66. The molecule has 5 heteroatoms. The monoisotopic (exact) mass is 222 g/mol. The number of nitrogens with zero attached hydrogens (tertiary/aromatic N) is 2. The van der Waals surface area contributed by atoms with Crippen LogP contribution >= 0.6 is 0 Å². The van der Waals surface area contributed by atoms with Gasteiger partial charge in [-0.3, -0.25) is 4.79 Å². The highest BCUT2D eigenvalue weighted by Gasteiger charge is 2.26. The minimum atomic E-state index is -0.125. The highest BCUT2D eigenvalue weighted by Crippen LogP contribution is 2.29. The Kier molecular flexibility index (Phi) is 3.22. The minimum absolute atomic E-state index is 0.125. The molecule has 1 saturated carbocycles. The summed E-state index contributed by atoms with van der Waals surface area (Å²) in [7, 11) is 0. The lowest BCUT2D eigenvalue weighted by Gasteiger charge is -2.32. The summed E-state index contributed by atoms with van der Waals surface area (Å²) in [5.74, 6) is 1.32. The fraction of sp³-hybridized carbons (Fsp3) is 0.727. The second-order valence-corrected chi connectivity index (χ2v) is 4.79. The minimum Gasteiger partial charge on any atom is -0.348 e. The van der Waals surface area contributed by atoms with Crippen LogP contribution in [0.5, 0.6) is 0 Å². The van der Waals surface area contributed by atoms with Crippen molar-refractivity contribution < 1.29 is 4.79 Å². The van der Waals surface area contributed by atoms with Gasteiger partial charge in [0, 0.05) is 6.04 Å². The van der Waals surface area contributed by atoms with Crippen molar-refractivity contribution in [1.29, 1.82) is 0 Å². The van der Waals surface area contributed by atoms with Crippen LogP contribution in [-0.4, -0.2) is 27.4 Å². The average molecular weight is 222 g/mol. The zero-order valence-corrected chi connectivity index (χ0v) is 9.73. The number of nitrogens with one attached hydrogen (secondary N) is 2. The number of amides is 1. The van der Waals surface area contributed by atoms with E-state index in [1.165, 1.54) is 12.6 Å². The van der Waals surface area contributed by atoms with Crippen molar-refractivity contribution in [3.05, 3.63) is 11.9 Å². The molecule has 0 aromatic carbocycles. The zero-order chi connectivity index (χ0) is 11.5. The first kappa shape index (κ1) is 11.1.